The molecule has 0 aliphatic carbocycles. The van der Waals surface area contributed by atoms with Crippen molar-refractivity contribution in [2.45, 2.75) is 39.3 Å². The Morgan fingerprint density at radius 3 is 2.68 bits per heavy atom. The molecule has 0 saturated carbocycles. The van der Waals surface area contributed by atoms with Gasteiger partial charge in [-0.3, -0.25) is 4.79 Å². The topological polar surface area (TPSA) is 84.8 Å². The summed E-state index contributed by atoms with van der Waals surface area (Å²) in [5.41, 5.74) is 2.46. The van der Waals surface area contributed by atoms with Gasteiger partial charge in [0.25, 0.3) is 0 Å². The van der Waals surface area contributed by atoms with Gasteiger partial charge in [0.2, 0.25) is 0 Å². The molecule has 0 radical (unpaired) electrons. The van der Waals surface area contributed by atoms with Crippen molar-refractivity contribution < 1.29 is 22.3 Å². The number of benzene rings is 2. The molecule has 7 nitrogen and oxygen atoms in total. The average Bonchev–Trinajstić information content (AvgIpc) is 3.18. The molecule has 34 heavy (non-hydrogen) atoms. The Balaban J connectivity index is 1.45. The lowest BCUT2D eigenvalue weighted by atomic mass is 10.00. The maximum atomic E-state index is 13.6. The second-order valence-corrected chi connectivity index (χ2v) is 8.18. The summed E-state index contributed by atoms with van der Waals surface area (Å²) in [6.45, 7) is 4.12. The number of nitrogens with zero attached hydrogens (tertiary/aromatic N) is 3. The maximum Gasteiger partial charge on any atom is 0.573 e. The number of halogens is 4. The molecular formula is C23H19F4N5O2. The fourth-order valence-corrected chi connectivity index (χ4v) is 4.23. The number of H-pyrrole nitrogens is 1. The van der Waals surface area contributed by atoms with E-state index >= 15 is 0 Å². The van der Waals surface area contributed by atoms with E-state index in [9.17, 15) is 22.4 Å². The molecule has 1 unspecified atom stereocenters. The highest BCUT2D eigenvalue weighted by molar-refractivity contribution is 5.82. The second-order valence-electron chi connectivity index (χ2n) is 8.18. The van der Waals surface area contributed by atoms with E-state index in [1.165, 1.54) is 30.3 Å². The Morgan fingerprint density at radius 2 is 1.94 bits per heavy atom. The number of aromatic amines is 1. The van der Waals surface area contributed by atoms with E-state index in [0.29, 0.717) is 47.1 Å². The number of hydrogen-bond donors (Lipinski definition) is 2. The van der Waals surface area contributed by atoms with Crippen LogP contribution in [-0.2, 0) is 13.1 Å². The summed E-state index contributed by atoms with van der Waals surface area (Å²) < 4.78 is 56.8. The Kier molecular flexibility index (Phi) is 5.16. The first-order valence-electron chi connectivity index (χ1n) is 10.4. The predicted molar refractivity (Wildman–Crippen MR) is 116 cm³/mol. The summed E-state index contributed by atoms with van der Waals surface area (Å²) in [6, 6.07) is 7.98. The number of nitrogens with one attached hydrogen (secondary N) is 2. The van der Waals surface area contributed by atoms with Crippen LogP contribution in [-0.4, -0.2) is 26.1 Å². The minimum Gasteiger partial charge on any atom is -0.406 e. The van der Waals surface area contributed by atoms with Crippen LogP contribution in [0.1, 0.15) is 28.6 Å². The molecule has 1 aliphatic heterocycles. The molecule has 4 aromatic rings. The highest BCUT2D eigenvalue weighted by Crippen LogP contribution is 2.30. The first-order chi connectivity index (χ1) is 16.1. The minimum atomic E-state index is -4.75. The van der Waals surface area contributed by atoms with Crippen LogP contribution < -0.4 is 15.5 Å². The van der Waals surface area contributed by atoms with Gasteiger partial charge >= 0.3 is 6.36 Å². The van der Waals surface area contributed by atoms with Crippen LogP contribution in [0.25, 0.3) is 22.4 Å². The van der Waals surface area contributed by atoms with Crippen molar-refractivity contribution in [3.8, 4) is 17.3 Å². The molecular weight excluding hydrogens is 454 g/mol. The quantitative estimate of drug-likeness (QED) is 0.434. The van der Waals surface area contributed by atoms with Crippen LogP contribution in [0.3, 0.4) is 0 Å². The maximum absolute atomic E-state index is 13.6. The summed E-state index contributed by atoms with van der Waals surface area (Å²) in [4.78, 5) is 20.5. The van der Waals surface area contributed by atoms with Gasteiger partial charge in [-0.15, -0.1) is 18.3 Å². The van der Waals surface area contributed by atoms with Crippen molar-refractivity contribution >= 4 is 10.9 Å². The van der Waals surface area contributed by atoms with Crippen LogP contribution in [0, 0.1) is 19.7 Å². The lowest BCUT2D eigenvalue weighted by molar-refractivity contribution is -0.274. The van der Waals surface area contributed by atoms with E-state index in [4.69, 9.17) is 0 Å². The highest BCUT2D eigenvalue weighted by atomic mass is 19.4. The summed E-state index contributed by atoms with van der Waals surface area (Å²) in [6.07, 6.45) is -4.75. The smallest absolute Gasteiger partial charge is 0.406 e. The molecule has 5 rings (SSSR count). The summed E-state index contributed by atoms with van der Waals surface area (Å²) in [5, 5.41) is 8.14. The zero-order valence-corrected chi connectivity index (χ0v) is 18.1. The average molecular weight is 473 g/mol. The van der Waals surface area contributed by atoms with E-state index in [-0.39, 0.29) is 22.6 Å². The van der Waals surface area contributed by atoms with Crippen LogP contribution >= 0.6 is 0 Å². The zero-order valence-electron chi connectivity index (χ0n) is 18.1. The molecule has 1 atom stereocenters. The third-order valence-electron chi connectivity index (χ3n) is 5.89. The first kappa shape index (κ1) is 22.1. The standard InChI is InChI=1S/C23H19F4N5O2/c1-11-7-14(34-23(25,26)27)4-5-15(11)18-10-32-19(9-28-18)30-22(31-32)20-12(2)21(33)16-8-13(24)3-6-17(16)29-20/h3-8,18,28H,9-10H2,1-2H3,(H,29,33). The van der Waals surface area contributed by atoms with Gasteiger partial charge in [-0.1, -0.05) is 6.07 Å². The second kappa shape index (κ2) is 7.94. The van der Waals surface area contributed by atoms with Crippen LogP contribution in [0.2, 0.25) is 0 Å². The van der Waals surface area contributed by atoms with Crippen LogP contribution in [0.15, 0.2) is 41.2 Å². The number of aromatic nitrogens is 4. The van der Waals surface area contributed by atoms with Gasteiger partial charge in [0, 0.05) is 10.9 Å². The molecule has 3 heterocycles. The van der Waals surface area contributed by atoms with Crippen molar-refractivity contribution in [2.75, 3.05) is 0 Å². The van der Waals surface area contributed by atoms with Crippen LogP contribution in [0.5, 0.6) is 5.75 Å². The molecule has 2 aromatic heterocycles. The lowest BCUT2D eigenvalue weighted by Gasteiger charge is -2.26. The number of pyridine rings is 1. The predicted octanol–water partition coefficient (Wildman–Crippen LogP) is 4.29. The summed E-state index contributed by atoms with van der Waals surface area (Å²) in [5.74, 6) is 0.222. The first-order valence-corrected chi connectivity index (χ1v) is 10.4. The molecule has 176 valence electrons. The number of ether oxygens (including phenoxy) is 1. The van der Waals surface area contributed by atoms with Gasteiger partial charge in [0.15, 0.2) is 11.3 Å². The number of alkyl halides is 3. The lowest BCUT2D eigenvalue weighted by Crippen LogP contribution is -2.33. The van der Waals surface area contributed by atoms with Crippen molar-refractivity contribution in [2.24, 2.45) is 0 Å². The molecule has 11 heteroatoms. The molecule has 0 fully saturated rings. The normalized spacial score (nSPS) is 16.0. The van der Waals surface area contributed by atoms with Gasteiger partial charge in [-0.05, 0) is 55.3 Å². The van der Waals surface area contributed by atoms with Gasteiger partial charge in [-0.25, -0.2) is 14.1 Å². The molecule has 1 aliphatic rings. The van der Waals surface area contributed by atoms with Crippen molar-refractivity contribution in [3.63, 3.8) is 0 Å². The molecule has 0 saturated heterocycles. The fraction of sp³-hybridized carbons (Fsp3) is 0.261. The molecule has 2 N–H and O–H groups in total. The SMILES string of the molecule is Cc1cc(OC(F)(F)F)ccc1C1Cn2nc(-c3[nH]c4ccc(F)cc4c(=O)c3C)nc2CN1. The largest absolute Gasteiger partial charge is 0.573 e. The van der Waals surface area contributed by atoms with E-state index in [0.717, 1.165) is 5.56 Å². The van der Waals surface area contributed by atoms with Gasteiger partial charge < -0.3 is 15.0 Å². The van der Waals surface area contributed by atoms with Crippen molar-refractivity contribution in [3.05, 3.63) is 75.0 Å². The number of hydrogen-bond acceptors (Lipinski definition) is 5. The molecule has 0 amide bonds. The zero-order chi connectivity index (χ0) is 24.2. The fourth-order valence-electron chi connectivity index (χ4n) is 4.23. The van der Waals surface area contributed by atoms with Crippen LogP contribution in [0.4, 0.5) is 17.6 Å². The van der Waals surface area contributed by atoms with E-state index in [1.807, 2.05) is 0 Å². The Bertz CT molecular complexity index is 1470. The third-order valence-corrected chi connectivity index (χ3v) is 5.89. The van der Waals surface area contributed by atoms with Gasteiger partial charge in [0.05, 0.1) is 30.3 Å². The van der Waals surface area contributed by atoms with E-state index in [1.54, 1.807) is 24.6 Å². The Morgan fingerprint density at radius 1 is 1.15 bits per heavy atom. The molecule has 0 bridgehead atoms. The van der Waals surface area contributed by atoms with Crippen molar-refractivity contribution in [1.82, 2.24) is 25.1 Å². The summed E-state index contributed by atoms with van der Waals surface area (Å²) in [7, 11) is 0. The Hall–Kier alpha value is -3.73. The Labute approximate surface area is 190 Å². The monoisotopic (exact) mass is 473 g/mol. The van der Waals surface area contributed by atoms with E-state index < -0.39 is 12.2 Å². The van der Waals surface area contributed by atoms with Gasteiger partial charge in [0.1, 0.15) is 17.4 Å². The van der Waals surface area contributed by atoms with E-state index in [2.05, 4.69) is 25.1 Å². The minimum absolute atomic E-state index is 0.207. The highest BCUT2D eigenvalue weighted by Gasteiger charge is 2.31. The number of aryl methyl sites for hydroxylation is 1. The number of rotatable bonds is 3. The van der Waals surface area contributed by atoms with Crippen molar-refractivity contribution in [1.29, 1.82) is 0 Å². The summed E-state index contributed by atoms with van der Waals surface area (Å²) >= 11 is 0. The third kappa shape index (κ3) is 4.03. The molecule has 0 spiro atoms. The number of fused-ring (bicyclic) bond motifs is 2. The molecule has 2 aromatic carbocycles. The van der Waals surface area contributed by atoms with Gasteiger partial charge in [-0.2, -0.15) is 0 Å².